The van der Waals surface area contributed by atoms with Gasteiger partial charge in [0.15, 0.2) is 5.82 Å². The Morgan fingerprint density at radius 1 is 0.361 bits per heavy atom. The lowest BCUT2D eigenvalue weighted by Gasteiger charge is -2.57. The van der Waals surface area contributed by atoms with Crippen LogP contribution >= 0.6 is 0 Å². The van der Waals surface area contributed by atoms with E-state index in [1.165, 1.54) is 202 Å². The van der Waals surface area contributed by atoms with Crippen LogP contribution in [0.5, 0.6) is 0 Å². The van der Waals surface area contributed by atoms with Gasteiger partial charge in [-0.05, 0) is 424 Å². The number of aromatic nitrogens is 14. The Labute approximate surface area is 730 Å². The fraction of sp³-hybridized carbons (Fsp3) is 0.860. The number of hydrogen-bond donors (Lipinski definition) is 4. The zero-order chi connectivity index (χ0) is 85.5. The molecule has 0 amide bonds. The summed E-state index contributed by atoms with van der Waals surface area (Å²) in [5.41, 5.74) is 4.47. The highest BCUT2D eigenvalue weighted by Crippen LogP contribution is 2.71. The number of hydrogen-bond acceptors (Lipinski definition) is 18. The molecule has 0 saturated heterocycles. The molecule has 0 spiro atoms. The molecule has 4 N–H and O–H groups in total. The van der Waals surface area contributed by atoms with Crippen molar-refractivity contribution in [1.29, 1.82) is 0 Å². The van der Waals surface area contributed by atoms with Crippen LogP contribution in [-0.2, 0) is 45.1 Å². The second kappa shape index (κ2) is 35.8. The predicted molar refractivity (Wildman–Crippen MR) is 471 cm³/mol. The lowest BCUT2D eigenvalue weighted by molar-refractivity contribution is -0.123. The van der Waals surface area contributed by atoms with Crippen LogP contribution < -0.4 is 0 Å². The highest BCUT2D eigenvalue weighted by Gasteiger charge is 2.64. The third-order valence-corrected chi connectivity index (χ3v) is 39.6. The van der Waals surface area contributed by atoms with Crippen molar-refractivity contribution in [2.45, 2.75) is 321 Å². The van der Waals surface area contributed by atoms with Crippen molar-refractivity contribution in [3.63, 3.8) is 0 Å². The van der Waals surface area contributed by atoms with Gasteiger partial charge in [0.05, 0.1) is 93.6 Å². The lowest BCUT2D eigenvalue weighted by atomic mass is 9.48. The molecule has 0 unspecified atom stereocenters. The van der Waals surface area contributed by atoms with Gasteiger partial charge in [-0.25, -0.2) is 9.36 Å². The van der Waals surface area contributed by atoms with Gasteiger partial charge in [-0.15, -0.1) is 20.4 Å². The third-order valence-electron chi connectivity index (χ3n) is 39.6. The van der Waals surface area contributed by atoms with Crippen LogP contribution in [0, 0.1) is 178 Å². The van der Waals surface area contributed by atoms with Crippen molar-refractivity contribution in [3.05, 3.63) is 85.0 Å². The Kier molecular flexibility index (Phi) is 26.2. The van der Waals surface area contributed by atoms with Gasteiger partial charge in [-0.1, -0.05) is 81.5 Å². The van der Waals surface area contributed by atoms with E-state index in [0.717, 1.165) is 177 Å². The summed E-state index contributed by atoms with van der Waals surface area (Å²) in [5, 5.41) is 85.2. The molecule has 122 heavy (non-hydrogen) atoms. The number of aliphatic hydroxyl groups is 4. The zero-order valence-electron chi connectivity index (χ0n) is 76.8. The molecule has 16 saturated carbocycles. The van der Waals surface area contributed by atoms with Gasteiger partial charge >= 0.3 is 0 Å². The highest BCUT2D eigenvalue weighted by molar-refractivity contribution is 5.21. The normalized spacial score (nSPS) is 44.9. The molecule has 0 aliphatic heterocycles. The molecule has 22 heteroatoms. The number of fused-ring (bicyclic) bond motifs is 20. The van der Waals surface area contributed by atoms with Gasteiger partial charge < -0.3 is 39.4 Å². The first kappa shape index (κ1) is 89.1. The van der Waals surface area contributed by atoms with Gasteiger partial charge in [0.1, 0.15) is 5.82 Å². The molecule has 16 aliphatic carbocycles. The van der Waals surface area contributed by atoms with Crippen LogP contribution in [0.2, 0.25) is 0 Å². The Hall–Kier alpha value is -4.94. The minimum absolute atomic E-state index is 0.367. The summed E-state index contributed by atoms with van der Waals surface area (Å²) >= 11 is 0. The molecule has 22 nitrogen and oxygen atoms in total. The van der Waals surface area contributed by atoms with E-state index in [-0.39, 0.29) is 0 Å². The predicted octanol–water partition coefficient (Wildman–Crippen LogP) is 17.3. The first-order chi connectivity index (χ1) is 58.5. The quantitative estimate of drug-likeness (QED) is 0.0599. The number of aryl methyl sites for hydroxylation is 2. The summed E-state index contributed by atoms with van der Waals surface area (Å²) in [6, 6.07) is 0. The number of methoxy groups -OCH3 is 4. The third kappa shape index (κ3) is 17.1. The van der Waals surface area contributed by atoms with Crippen LogP contribution in [-0.4, -0.2) is 168 Å². The van der Waals surface area contributed by atoms with E-state index >= 15 is 0 Å². The summed E-state index contributed by atoms with van der Waals surface area (Å²) in [6.45, 7) is 37.2. The largest absolute Gasteiger partial charge is 0.387 e. The molecule has 32 atom stereocenters. The van der Waals surface area contributed by atoms with Gasteiger partial charge in [0.2, 0.25) is 0 Å². The van der Waals surface area contributed by atoms with Crippen LogP contribution in [0.25, 0.3) is 0 Å². The molecule has 20 rings (SSSR count). The molecular weight excluding hydrogens is 1530 g/mol. The number of tetrazole rings is 2. The fourth-order valence-corrected chi connectivity index (χ4v) is 34.8. The molecule has 0 bridgehead atoms. The maximum Gasteiger partial charge on any atom is 0.171 e. The van der Waals surface area contributed by atoms with E-state index in [0.29, 0.717) is 102 Å². The van der Waals surface area contributed by atoms with Crippen molar-refractivity contribution in [3.8, 4) is 0 Å². The topological polar surface area (TPSA) is 266 Å². The maximum absolute atomic E-state index is 11.0. The highest BCUT2D eigenvalue weighted by atomic mass is 16.5. The van der Waals surface area contributed by atoms with Crippen LogP contribution in [0.15, 0.2) is 73.4 Å². The summed E-state index contributed by atoms with van der Waals surface area (Å²) in [6.07, 6.45) is 51.3. The summed E-state index contributed by atoms with van der Waals surface area (Å²) in [5.74, 6) is 20.3. The van der Waals surface area contributed by atoms with Crippen molar-refractivity contribution in [2.75, 3.05) is 54.9 Å². The molecular formula is C100H158N14O8. The molecule has 4 aromatic rings. The summed E-state index contributed by atoms with van der Waals surface area (Å²) < 4.78 is 25.2. The smallest absolute Gasteiger partial charge is 0.171 e. The molecule has 4 aromatic heterocycles. The van der Waals surface area contributed by atoms with E-state index in [1.54, 1.807) is 56.6 Å². The molecule has 16 aliphatic rings. The number of allylic oxidation sites excluding steroid dienone is 4. The van der Waals surface area contributed by atoms with Gasteiger partial charge in [0, 0.05) is 34.6 Å². The van der Waals surface area contributed by atoms with Gasteiger partial charge in [-0.2, -0.15) is 19.8 Å². The second-order valence-corrected chi connectivity index (χ2v) is 45.6. The molecule has 4 heterocycles. The van der Waals surface area contributed by atoms with Crippen molar-refractivity contribution >= 4 is 0 Å². The van der Waals surface area contributed by atoms with Crippen LogP contribution in [0.1, 0.15) is 270 Å². The fourth-order valence-electron chi connectivity index (χ4n) is 34.8. The first-order valence-corrected chi connectivity index (χ1v) is 49.3. The van der Waals surface area contributed by atoms with E-state index in [9.17, 15) is 20.4 Å². The lowest BCUT2D eigenvalue weighted by Crippen LogP contribution is -2.52. The summed E-state index contributed by atoms with van der Waals surface area (Å²) in [4.78, 5) is 3.51. The van der Waals surface area contributed by atoms with Crippen LogP contribution in [0.3, 0.4) is 0 Å². The van der Waals surface area contributed by atoms with E-state index in [2.05, 4.69) is 105 Å². The maximum atomic E-state index is 11.0. The molecule has 676 valence electrons. The Morgan fingerprint density at radius 2 is 0.689 bits per heavy atom. The molecule has 16 fully saturated rings. The average molecular weight is 1680 g/mol. The monoisotopic (exact) mass is 1680 g/mol. The van der Waals surface area contributed by atoms with Crippen molar-refractivity contribution < 1.29 is 39.4 Å². The Bertz CT molecular complexity index is 4100. The van der Waals surface area contributed by atoms with Gasteiger partial charge in [0.25, 0.3) is 0 Å². The Balaban J connectivity index is 0.000000116. The molecule has 0 aromatic carbocycles. The minimum Gasteiger partial charge on any atom is -0.387 e. The Morgan fingerprint density at radius 3 is 0.992 bits per heavy atom. The van der Waals surface area contributed by atoms with Crippen molar-refractivity contribution in [1.82, 2.24) is 70.4 Å². The minimum atomic E-state index is -0.587. The van der Waals surface area contributed by atoms with Crippen LogP contribution in [0.4, 0.5) is 0 Å². The number of nitrogens with zero attached hydrogens (tertiary/aromatic N) is 14. The van der Waals surface area contributed by atoms with E-state index < -0.39 is 22.4 Å². The number of rotatable bonds is 20. The standard InChI is InChI=1S/2C25H40N4O2.2C25H39N3O2/c1-16(14-29-17(2)26-27-28-29)22-7-8-23-21-6-5-18-13-25(30,15-31-4)12-10-19(18)20(21)9-11-24(22,23)3;1-16(14-29-27-17(2)26-28-29)22-7-8-23-21-6-5-18-13-25(30,15-31-4)12-10-19(18)20(21)9-11-24(22,23)3;1-17(15-28-13-12-26-27-28)22-6-7-23-21-5-4-18-14-25(29,16-30-3)11-9-19(18)20(21)8-10-24(22,23)2;1-17(15-28-26-12-13-27-28)22-6-7-23-21-5-4-18-14-25(29,16-30-3)11-9-19(18)20(21)8-10-24(22,23)2/h2*18-23,30H,1,5-15H2,2-4H3;2*12-13,18-23,29H,1,4-11,14-16H2,2-3H3/t4*18-,19-,20+,21+,22+,23-,24+,25+/m0000/s1. The number of ether oxygens (including phenoxy) is 4. The average Bonchev–Trinajstić information content (AvgIpc) is 1.53. The van der Waals surface area contributed by atoms with E-state index in [4.69, 9.17) is 18.9 Å². The second-order valence-electron chi connectivity index (χ2n) is 45.6. The zero-order valence-corrected chi connectivity index (χ0v) is 76.8. The van der Waals surface area contributed by atoms with Gasteiger partial charge in [-0.3, -0.25) is 0 Å². The SMILES string of the molecule is C=C(Cn1ccnn1)[C@H]1CC[C@H]2[C@@H]3CC[C@H]4C[C@@](O)(COC)CC[C@@H]4[C@H]3CC[C@]12C.C=C(Cn1nccn1)[C@H]1CC[C@H]2[C@@H]3CC[C@H]4C[C@@](O)(COC)CC[C@@H]4[C@H]3CC[C@]12C.C=C(Cn1nnc(C)n1)[C@H]1CC[C@H]2[C@@H]3CC[C@H]4C[C@@](O)(COC)CC[C@@H]4[C@H]3CC[C@]12C.C=C(Cn1nnnc1C)[C@H]1CC[C@H]2[C@@H]3CC[C@H]4C[C@@](O)(COC)CC[C@@H]4[C@H]3CC[C@]12C. The van der Waals surface area contributed by atoms with Crippen molar-refractivity contribution in [2.24, 2.45) is 164 Å². The van der Waals surface area contributed by atoms with E-state index in [1.807, 2.05) is 29.4 Å². The first-order valence-electron chi connectivity index (χ1n) is 49.3. The summed E-state index contributed by atoms with van der Waals surface area (Å²) in [7, 11) is 6.87. The molecule has 0 radical (unpaired) electrons.